The first-order valence-corrected chi connectivity index (χ1v) is 6.74. The van der Waals surface area contributed by atoms with Gasteiger partial charge in [0.1, 0.15) is 5.76 Å². The summed E-state index contributed by atoms with van der Waals surface area (Å²) in [7, 11) is 1.77. The second kappa shape index (κ2) is 10.2. The fourth-order valence-electron chi connectivity index (χ4n) is 1.85. The van der Waals surface area contributed by atoms with Gasteiger partial charge in [-0.2, -0.15) is 0 Å². The van der Waals surface area contributed by atoms with E-state index in [0.717, 1.165) is 37.7 Å². The highest BCUT2D eigenvalue weighted by Crippen LogP contribution is 1.99. The van der Waals surface area contributed by atoms with Gasteiger partial charge in [0.05, 0.1) is 6.26 Å². The molecule has 0 bridgehead atoms. The Bertz CT molecular complexity index is 514. The number of furan rings is 1. The summed E-state index contributed by atoms with van der Waals surface area (Å²) < 4.78 is 5.28. The highest BCUT2D eigenvalue weighted by Gasteiger charge is 1.99. The van der Waals surface area contributed by atoms with Gasteiger partial charge >= 0.3 is 0 Å². The van der Waals surface area contributed by atoms with Crippen LogP contribution in [-0.2, 0) is 12.8 Å². The molecule has 0 atom stereocenters. The van der Waals surface area contributed by atoms with E-state index in [-0.39, 0.29) is 24.0 Å². The van der Waals surface area contributed by atoms with Gasteiger partial charge in [0.2, 0.25) is 0 Å². The van der Waals surface area contributed by atoms with Gasteiger partial charge in [-0.15, -0.1) is 24.0 Å². The molecule has 2 aromatic heterocycles. The number of halogens is 1. The normalized spacial score (nSPS) is 10.8. The van der Waals surface area contributed by atoms with Gasteiger partial charge in [0.25, 0.3) is 0 Å². The van der Waals surface area contributed by atoms with Crippen molar-refractivity contribution in [2.45, 2.75) is 12.8 Å². The third-order valence-electron chi connectivity index (χ3n) is 2.90. The number of hydrogen-bond donors (Lipinski definition) is 2. The van der Waals surface area contributed by atoms with Crippen LogP contribution in [0.25, 0.3) is 0 Å². The van der Waals surface area contributed by atoms with Crippen molar-refractivity contribution >= 4 is 29.9 Å². The van der Waals surface area contributed by atoms with Gasteiger partial charge < -0.3 is 15.1 Å². The minimum Gasteiger partial charge on any atom is -0.469 e. The Labute approximate surface area is 142 Å². The summed E-state index contributed by atoms with van der Waals surface area (Å²) in [5, 5.41) is 6.54. The minimum atomic E-state index is 0. The predicted octanol–water partition coefficient (Wildman–Crippen LogP) is 2.24. The lowest BCUT2D eigenvalue weighted by atomic mass is 10.2. The van der Waals surface area contributed by atoms with Gasteiger partial charge in [0, 0.05) is 39.0 Å². The zero-order valence-electron chi connectivity index (χ0n) is 12.1. The van der Waals surface area contributed by atoms with Crippen LogP contribution in [0.15, 0.2) is 52.3 Å². The summed E-state index contributed by atoms with van der Waals surface area (Å²) in [5.41, 5.74) is 1.21. The Morgan fingerprint density at radius 1 is 1.19 bits per heavy atom. The molecule has 21 heavy (non-hydrogen) atoms. The lowest BCUT2D eigenvalue weighted by Gasteiger charge is -2.11. The van der Waals surface area contributed by atoms with Crippen LogP contribution in [0.2, 0.25) is 0 Å². The molecule has 5 nitrogen and oxygen atoms in total. The molecule has 0 aromatic carbocycles. The smallest absolute Gasteiger partial charge is 0.191 e. The molecule has 2 aromatic rings. The Balaban J connectivity index is 0.00000220. The standard InChI is InChI=1S/C15H20N4O.HI/c1-16-15(19-10-7-14-5-3-11-20-14)18-9-6-13-4-2-8-17-12-13;/h2-5,8,11-12H,6-7,9-10H2,1H3,(H2,16,18,19);1H. The number of aromatic nitrogens is 1. The zero-order valence-corrected chi connectivity index (χ0v) is 14.4. The lowest BCUT2D eigenvalue weighted by Crippen LogP contribution is -2.39. The van der Waals surface area contributed by atoms with Gasteiger partial charge in [-0.3, -0.25) is 9.98 Å². The van der Waals surface area contributed by atoms with Crippen LogP contribution in [0.3, 0.4) is 0 Å². The van der Waals surface area contributed by atoms with E-state index in [2.05, 4.69) is 26.7 Å². The van der Waals surface area contributed by atoms with Crippen LogP contribution >= 0.6 is 24.0 Å². The fraction of sp³-hybridized carbons (Fsp3) is 0.333. The molecule has 0 unspecified atom stereocenters. The molecule has 6 heteroatoms. The molecule has 0 aliphatic carbocycles. The van der Waals surface area contributed by atoms with E-state index in [4.69, 9.17) is 4.42 Å². The van der Waals surface area contributed by atoms with Crippen molar-refractivity contribution in [2.75, 3.05) is 20.1 Å². The molecule has 2 heterocycles. The molecule has 0 amide bonds. The van der Waals surface area contributed by atoms with Crippen LogP contribution < -0.4 is 10.6 Å². The van der Waals surface area contributed by atoms with Crippen LogP contribution in [0, 0.1) is 0 Å². The molecule has 2 rings (SSSR count). The average Bonchev–Trinajstić information content (AvgIpc) is 3.00. The van der Waals surface area contributed by atoms with E-state index in [0.29, 0.717) is 0 Å². The van der Waals surface area contributed by atoms with Gasteiger partial charge in [-0.25, -0.2) is 0 Å². The molecule has 0 spiro atoms. The number of aliphatic imine (C=N–C) groups is 1. The molecule has 0 radical (unpaired) electrons. The summed E-state index contributed by atoms with van der Waals surface area (Å²) in [6.07, 6.45) is 7.13. The third kappa shape index (κ3) is 6.61. The zero-order chi connectivity index (χ0) is 14.0. The molecule has 114 valence electrons. The Hall–Kier alpha value is -1.57. The van der Waals surface area contributed by atoms with Crippen molar-refractivity contribution < 1.29 is 4.42 Å². The molecular formula is C15H21IN4O. The first-order chi connectivity index (χ1) is 9.88. The van der Waals surface area contributed by atoms with E-state index in [9.17, 15) is 0 Å². The van der Waals surface area contributed by atoms with Crippen molar-refractivity contribution in [1.29, 1.82) is 0 Å². The Morgan fingerprint density at radius 2 is 2.00 bits per heavy atom. The average molecular weight is 400 g/mol. The van der Waals surface area contributed by atoms with Crippen molar-refractivity contribution in [3.8, 4) is 0 Å². The van der Waals surface area contributed by atoms with Crippen LogP contribution in [0.4, 0.5) is 0 Å². The highest BCUT2D eigenvalue weighted by atomic mass is 127. The van der Waals surface area contributed by atoms with Gasteiger partial charge in [0.15, 0.2) is 5.96 Å². The fourth-order valence-corrected chi connectivity index (χ4v) is 1.85. The summed E-state index contributed by atoms with van der Waals surface area (Å²) in [5.74, 6) is 1.78. The van der Waals surface area contributed by atoms with Crippen LogP contribution in [-0.4, -0.2) is 31.1 Å². The monoisotopic (exact) mass is 400 g/mol. The van der Waals surface area contributed by atoms with Crippen molar-refractivity contribution in [3.63, 3.8) is 0 Å². The Kier molecular flexibility index (Phi) is 8.49. The number of nitrogens with zero attached hydrogens (tertiary/aromatic N) is 2. The number of guanidine groups is 1. The van der Waals surface area contributed by atoms with Crippen molar-refractivity contribution in [3.05, 3.63) is 54.2 Å². The molecule has 0 saturated heterocycles. The van der Waals surface area contributed by atoms with Crippen LogP contribution in [0.1, 0.15) is 11.3 Å². The topological polar surface area (TPSA) is 62.5 Å². The van der Waals surface area contributed by atoms with E-state index < -0.39 is 0 Å². The predicted molar refractivity (Wildman–Crippen MR) is 95.1 cm³/mol. The molecule has 0 saturated carbocycles. The molecule has 0 aliphatic heterocycles. The number of rotatable bonds is 6. The maximum Gasteiger partial charge on any atom is 0.191 e. The van der Waals surface area contributed by atoms with Crippen molar-refractivity contribution in [2.24, 2.45) is 4.99 Å². The maximum absolute atomic E-state index is 5.28. The summed E-state index contributed by atoms with van der Waals surface area (Å²) >= 11 is 0. The van der Waals surface area contributed by atoms with Gasteiger partial charge in [-0.1, -0.05) is 6.07 Å². The Morgan fingerprint density at radius 3 is 2.62 bits per heavy atom. The largest absolute Gasteiger partial charge is 0.469 e. The van der Waals surface area contributed by atoms with E-state index in [1.54, 1.807) is 19.5 Å². The lowest BCUT2D eigenvalue weighted by molar-refractivity contribution is 0.507. The summed E-state index contributed by atoms with van der Waals surface area (Å²) in [6.45, 7) is 1.62. The van der Waals surface area contributed by atoms with E-state index >= 15 is 0 Å². The highest BCUT2D eigenvalue weighted by molar-refractivity contribution is 14.0. The number of hydrogen-bond acceptors (Lipinski definition) is 3. The molecule has 2 N–H and O–H groups in total. The first-order valence-electron chi connectivity index (χ1n) is 6.74. The molecule has 0 fully saturated rings. The van der Waals surface area contributed by atoms with Crippen molar-refractivity contribution in [1.82, 2.24) is 15.6 Å². The summed E-state index contributed by atoms with van der Waals surface area (Å²) in [4.78, 5) is 8.28. The second-order valence-corrected chi connectivity index (χ2v) is 4.37. The molecule has 0 aliphatic rings. The first kappa shape index (κ1) is 17.5. The maximum atomic E-state index is 5.28. The number of nitrogens with one attached hydrogen (secondary N) is 2. The summed E-state index contributed by atoms with van der Waals surface area (Å²) in [6, 6.07) is 7.89. The van der Waals surface area contributed by atoms with Gasteiger partial charge in [-0.05, 0) is 30.2 Å². The second-order valence-electron chi connectivity index (χ2n) is 4.37. The molecular weight excluding hydrogens is 379 g/mol. The minimum absolute atomic E-state index is 0. The van der Waals surface area contributed by atoms with E-state index in [1.165, 1.54) is 5.56 Å². The van der Waals surface area contributed by atoms with Crippen LogP contribution in [0.5, 0.6) is 0 Å². The number of pyridine rings is 1. The quantitative estimate of drug-likeness (QED) is 0.444. The SMILES string of the molecule is CN=C(NCCc1cccnc1)NCCc1ccco1.I. The van der Waals surface area contributed by atoms with E-state index in [1.807, 2.05) is 24.4 Å². The third-order valence-corrected chi connectivity index (χ3v) is 2.90.